The zero-order chi connectivity index (χ0) is 5.70. The highest BCUT2D eigenvalue weighted by Gasteiger charge is 1.94. The van der Waals surface area contributed by atoms with Crippen LogP contribution in [-0.2, 0) is 4.79 Å². The Morgan fingerprint density at radius 1 is 1.57 bits per heavy atom. The van der Waals surface area contributed by atoms with Crippen molar-refractivity contribution in [3.8, 4) is 0 Å². The van der Waals surface area contributed by atoms with E-state index in [4.69, 9.17) is 10.2 Å². The molecule has 7 heavy (non-hydrogen) atoms. The van der Waals surface area contributed by atoms with E-state index < -0.39 is 12.4 Å². The molecule has 0 saturated carbocycles. The lowest BCUT2D eigenvalue weighted by Gasteiger charge is -1.85. The van der Waals surface area contributed by atoms with Gasteiger partial charge < -0.3 is 10.2 Å². The van der Waals surface area contributed by atoms with Crippen LogP contribution in [0.3, 0.4) is 0 Å². The summed E-state index contributed by atoms with van der Waals surface area (Å²) in [5.74, 6) is -0.442. The number of ketones is 1. The van der Waals surface area contributed by atoms with Gasteiger partial charge in [-0.05, 0) is 0 Å². The van der Waals surface area contributed by atoms with Gasteiger partial charge in [0.1, 0.15) is 6.61 Å². The molecule has 0 aliphatic rings. The molecule has 0 amide bonds. The monoisotopic (exact) mass is 103 g/mol. The third-order valence-corrected chi connectivity index (χ3v) is 0.475. The minimum Gasteiger partial charge on any atom is -0.396 e. The topological polar surface area (TPSA) is 57.5 Å². The lowest BCUT2D eigenvalue weighted by Crippen LogP contribution is -2.05. The summed E-state index contributed by atoms with van der Waals surface area (Å²) >= 11 is 0. The van der Waals surface area contributed by atoms with Crippen LogP contribution in [0.2, 0.25) is 0 Å². The molecule has 3 nitrogen and oxygen atoms in total. The zero-order valence-corrected chi connectivity index (χ0v) is 3.79. The second-order valence-corrected chi connectivity index (χ2v) is 1.01. The molecule has 0 rings (SSSR count). The Morgan fingerprint density at radius 3 is 2.29 bits per heavy atom. The molecule has 0 unspecified atom stereocenters. The van der Waals surface area contributed by atoms with E-state index >= 15 is 0 Å². The fourth-order valence-corrected chi connectivity index (χ4v) is 0.166. The lowest BCUT2D eigenvalue weighted by atomic mass is 10.3. The highest BCUT2D eigenvalue weighted by atomic mass is 16.3. The van der Waals surface area contributed by atoms with Crippen LogP contribution >= 0.6 is 0 Å². The van der Waals surface area contributed by atoms with Gasteiger partial charge in [-0.2, -0.15) is 0 Å². The van der Waals surface area contributed by atoms with Crippen LogP contribution < -0.4 is 0 Å². The SMILES string of the molecule is O=C([CH]CO)CO. The third-order valence-electron chi connectivity index (χ3n) is 0.475. The van der Waals surface area contributed by atoms with Gasteiger partial charge in [-0.1, -0.05) is 0 Å². The van der Waals surface area contributed by atoms with Gasteiger partial charge in [-0.3, -0.25) is 4.79 Å². The minimum atomic E-state index is -0.513. The molecule has 0 fully saturated rings. The van der Waals surface area contributed by atoms with Gasteiger partial charge in [0.25, 0.3) is 0 Å². The first-order valence-electron chi connectivity index (χ1n) is 1.89. The molecule has 0 aliphatic carbocycles. The van der Waals surface area contributed by atoms with Gasteiger partial charge in [-0.25, -0.2) is 0 Å². The molecule has 1 radical (unpaired) electrons. The molecule has 0 aromatic heterocycles. The van der Waals surface area contributed by atoms with E-state index in [9.17, 15) is 4.79 Å². The standard InChI is InChI=1S/C4H7O3/c5-2-1-4(7)3-6/h1,5-6H,2-3H2. The quantitative estimate of drug-likeness (QED) is 0.469. The van der Waals surface area contributed by atoms with E-state index in [-0.39, 0.29) is 6.61 Å². The van der Waals surface area contributed by atoms with E-state index in [1.54, 1.807) is 0 Å². The number of aliphatic hydroxyl groups is 2. The molecule has 0 aliphatic heterocycles. The van der Waals surface area contributed by atoms with E-state index in [0.717, 1.165) is 6.42 Å². The molecular formula is C4H7O3. The normalized spacial score (nSPS) is 8.86. The van der Waals surface area contributed by atoms with Gasteiger partial charge >= 0.3 is 0 Å². The van der Waals surface area contributed by atoms with Crippen molar-refractivity contribution in [2.24, 2.45) is 0 Å². The molecule has 41 valence electrons. The fraction of sp³-hybridized carbons (Fsp3) is 0.500. The molecule has 0 spiro atoms. The van der Waals surface area contributed by atoms with Crippen molar-refractivity contribution in [1.82, 2.24) is 0 Å². The average Bonchev–Trinajstić information content (AvgIpc) is 1.68. The lowest BCUT2D eigenvalue weighted by molar-refractivity contribution is -0.118. The van der Waals surface area contributed by atoms with Crippen LogP contribution in [0, 0.1) is 6.42 Å². The van der Waals surface area contributed by atoms with Crippen molar-refractivity contribution in [1.29, 1.82) is 0 Å². The first-order chi connectivity index (χ1) is 3.31. The molecule has 0 aromatic rings. The van der Waals surface area contributed by atoms with Crippen molar-refractivity contribution in [3.05, 3.63) is 6.42 Å². The summed E-state index contributed by atoms with van der Waals surface area (Å²) in [4.78, 5) is 9.95. The summed E-state index contributed by atoms with van der Waals surface area (Å²) in [6.07, 6.45) is 1.01. The Kier molecular flexibility index (Phi) is 3.55. The maximum absolute atomic E-state index is 9.95. The van der Waals surface area contributed by atoms with Gasteiger partial charge in [0, 0.05) is 0 Å². The predicted octanol–water partition coefficient (Wildman–Crippen LogP) is -1.26. The summed E-state index contributed by atoms with van der Waals surface area (Å²) in [5, 5.41) is 16.0. The molecular weight excluding hydrogens is 96.0 g/mol. The van der Waals surface area contributed by atoms with Crippen molar-refractivity contribution in [2.75, 3.05) is 13.2 Å². The largest absolute Gasteiger partial charge is 0.396 e. The summed E-state index contributed by atoms with van der Waals surface area (Å²) in [6.45, 7) is -0.806. The molecule has 0 saturated heterocycles. The summed E-state index contributed by atoms with van der Waals surface area (Å²) in [5.41, 5.74) is 0. The maximum atomic E-state index is 9.95. The average molecular weight is 103 g/mol. The van der Waals surface area contributed by atoms with Crippen molar-refractivity contribution >= 4 is 5.78 Å². The number of hydrogen-bond donors (Lipinski definition) is 2. The summed E-state index contributed by atoms with van der Waals surface area (Å²) < 4.78 is 0. The fourth-order valence-electron chi connectivity index (χ4n) is 0.166. The number of hydrogen-bond acceptors (Lipinski definition) is 3. The van der Waals surface area contributed by atoms with E-state index in [0.29, 0.717) is 0 Å². The molecule has 0 bridgehead atoms. The predicted molar refractivity (Wildman–Crippen MR) is 23.5 cm³/mol. The molecule has 0 atom stereocenters. The highest BCUT2D eigenvalue weighted by Crippen LogP contribution is 1.73. The second kappa shape index (κ2) is 3.77. The first-order valence-corrected chi connectivity index (χ1v) is 1.89. The molecule has 3 heteroatoms. The number of Topliss-reactive ketones (excluding diaryl/α,β-unsaturated/α-hetero) is 1. The highest BCUT2D eigenvalue weighted by molar-refractivity contribution is 5.87. The van der Waals surface area contributed by atoms with E-state index in [2.05, 4.69) is 0 Å². The van der Waals surface area contributed by atoms with Crippen molar-refractivity contribution in [3.63, 3.8) is 0 Å². The van der Waals surface area contributed by atoms with E-state index in [1.807, 2.05) is 0 Å². The summed E-state index contributed by atoms with van der Waals surface area (Å²) in [7, 11) is 0. The van der Waals surface area contributed by atoms with Crippen LogP contribution in [0.5, 0.6) is 0 Å². The first kappa shape index (κ1) is 6.59. The van der Waals surface area contributed by atoms with Crippen LogP contribution in [0.1, 0.15) is 0 Å². The maximum Gasteiger partial charge on any atom is 0.164 e. The number of aliphatic hydroxyl groups excluding tert-OH is 2. The Hall–Kier alpha value is -0.410. The van der Waals surface area contributed by atoms with Gasteiger partial charge in [0.2, 0.25) is 0 Å². The Labute approximate surface area is 41.6 Å². The van der Waals surface area contributed by atoms with E-state index in [1.165, 1.54) is 0 Å². The molecule has 0 heterocycles. The zero-order valence-electron chi connectivity index (χ0n) is 3.79. The Balaban J connectivity index is 3.00. The molecule has 2 N–H and O–H groups in total. The number of rotatable bonds is 3. The number of carbonyl (C=O) groups excluding carboxylic acids is 1. The van der Waals surface area contributed by atoms with Crippen molar-refractivity contribution < 1.29 is 15.0 Å². The Morgan fingerprint density at radius 2 is 2.14 bits per heavy atom. The van der Waals surface area contributed by atoms with Crippen LogP contribution in [-0.4, -0.2) is 29.2 Å². The smallest absolute Gasteiger partial charge is 0.164 e. The number of carbonyl (C=O) groups is 1. The Bertz CT molecular complexity index is 60.0. The molecule has 0 aromatic carbocycles. The second-order valence-electron chi connectivity index (χ2n) is 1.01. The van der Waals surface area contributed by atoms with Gasteiger partial charge in [-0.15, -0.1) is 0 Å². The summed E-state index contributed by atoms with van der Waals surface area (Å²) in [6, 6.07) is 0. The van der Waals surface area contributed by atoms with Gasteiger partial charge in [0.15, 0.2) is 5.78 Å². The van der Waals surface area contributed by atoms with Crippen LogP contribution in [0.4, 0.5) is 0 Å². The van der Waals surface area contributed by atoms with Crippen LogP contribution in [0.25, 0.3) is 0 Å². The minimum absolute atomic E-state index is 0.292. The van der Waals surface area contributed by atoms with Gasteiger partial charge in [0.05, 0.1) is 13.0 Å². The van der Waals surface area contributed by atoms with Crippen molar-refractivity contribution in [2.45, 2.75) is 0 Å². The third kappa shape index (κ3) is 3.42. The van der Waals surface area contributed by atoms with Crippen LogP contribution in [0.15, 0.2) is 0 Å².